The summed E-state index contributed by atoms with van der Waals surface area (Å²) in [5.74, 6) is 1.26. The highest BCUT2D eigenvalue weighted by Crippen LogP contribution is 2.46. The van der Waals surface area contributed by atoms with E-state index in [0.29, 0.717) is 24.3 Å². The van der Waals surface area contributed by atoms with Crippen molar-refractivity contribution >= 4 is 30.7 Å². The summed E-state index contributed by atoms with van der Waals surface area (Å²) in [5.41, 5.74) is 1.50. The summed E-state index contributed by atoms with van der Waals surface area (Å²) >= 11 is 0. The zero-order chi connectivity index (χ0) is 21.1. The lowest BCUT2D eigenvalue weighted by atomic mass is 9.61. The minimum absolute atomic E-state index is 0. The first-order valence-corrected chi connectivity index (χ1v) is 11.6. The maximum Gasteiger partial charge on any atom is 0.228 e. The van der Waals surface area contributed by atoms with E-state index in [0.717, 1.165) is 76.3 Å². The van der Waals surface area contributed by atoms with Gasteiger partial charge in [-0.1, -0.05) is 35.5 Å². The molecule has 33 heavy (non-hydrogen) atoms. The second kappa shape index (κ2) is 11.7. The van der Waals surface area contributed by atoms with Gasteiger partial charge in [0.2, 0.25) is 5.91 Å². The molecule has 2 aliphatic heterocycles. The lowest BCUT2D eigenvalue weighted by molar-refractivity contribution is -0.140. The predicted octanol–water partition coefficient (Wildman–Crippen LogP) is 3.28. The number of ether oxygens (including phenoxy) is 1. The van der Waals surface area contributed by atoms with Crippen molar-refractivity contribution in [3.8, 4) is 11.3 Å². The highest BCUT2D eigenvalue weighted by atomic mass is 35.5. The summed E-state index contributed by atoms with van der Waals surface area (Å²) in [6.07, 6.45) is 4.18. The SMILES string of the molecule is Cl.Cl.O=C(NCc1cc(-c2ccccc2)no1)[C@@]12CC[C@H](N3CCOCC3)C[C@H]1CCNC2. The van der Waals surface area contributed by atoms with Gasteiger partial charge < -0.3 is 19.9 Å². The fourth-order valence-corrected chi connectivity index (χ4v) is 5.65. The second-order valence-electron chi connectivity index (χ2n) is 9.12. The number of hydrogen-bond donors (Lipinski definition) is 2. The minimum atomic E-state index is -0.316. The normalized spacial score (nSPS) is 27.5. The van der Waals surface area contributed by atoms with Gasteiger partial charge in [0, 0.05) is 37.3 Å². The lowest BCUT2D eigenvalue weighted by Crippen LogP contribution is -2.60. The number of carbonyl (C=O) groups is 1. The van der Waals surface area contributed by atoms with E-state index in [2.05, 4.69) is 20.7 Å². The first-order valence-electron chi connectivity index (χ1n) is 11.6. The van der Waals surface area contributed by atoms with Gasteiger partial charge in [0.15, 0.2) is 5.76 Å². The highest BCUT2D eigenvalue weighted by Gasteiger charge is 2.50. The molecule has 1 saturated carbocycles. The fraction of sp³-hybridized carbons (Fsp3) is 0.583. The number of hydrogen-bond acceptors (Lipinski definition) is 6. The molecule has 1 amide bonds. The van der Waals surface area contributed by atoms with Crippen LogP contribution in [-0.4, -0.2) is 61.4 Å². The molecule has 7 nitrogen and oxygen atoms in total. The molecule has 3 heterocycles. The van der Waals surface area contributed by atoms with E-state index in [4.69, 9.17) is 9.26 Å². The maximum atomic E-state index is 13.4. The molecular formula is C24H34Cl2N4O3. The Balaban J connectivity index is 0.00000153. The first-order chi connectivity index (χ1) is 15.2. The topological polar surface area (TPSA) is 79.6 Å². The lowest BCUT2D eigenvalue weighted by Gasteiger charge is -2.50. The number of piperidine rings is 1. The molecule has 2 aromatic rings. The second-order valence-corrected chi connectivity index (χ2v) is 9.12. The summed E-state index contributed by atoms with van der Waals surface area (Å²) in [5, 5.41) is 10.8. The molecule has 0 unspecified atom stereocenters. The highest BCUT2D eigenvalue weighted by molar-refractivity contribution is 5.85. The van der Waals surface area contributed by atoms with E-state index < -0.39 is 0 Å². The van der Waals surface area contributed by atoms with E-state index in [1.54, 1.807) is 0 Å². The Morgan fingerprint density at radius 1 is 1.18 bits per heavy atom. The number of carbonyl (C=O) groups excluding carboxylic acids is 1. The standard InChI is InChI=1S/C24H32N4O3.2ClH/c29-23(26-16-21-15-22(27-31-21)18-4-2-1-3-5-18)24-8-6-20(28-10-12-30-13-11-28)14-19(24)7-9-25-17-24;;/h1-5,15,19-20,25H,6-14,16-17H2,(H,26,29);2*1H/t19-,20+,24-;;/m1../s1. The minimum Gasteiger partial charge on any atom is -0.379 e. The molecule has 5 rings (SSSR count). The summed E-state index contributed by atoms with van der Waals surface area (Å²) in [4.78, 5) is 16.0. The average Bonchev–Trinajstić information content (AvgIpc) is 3.32. The summed E-state index contributed by atoms with van der Waals surface area (Å²) < 4.78 is 11.0. The summed E-state index contributed by atoms with van der Waals surface area (Å²) in [7, 11) is 0. The van der Waals surface area contributed by atoms with Crippen molar-refractivity contribution in [2.45, 2.75) is 38.3 Å². The van der Waals surface area contributed by atoms with Crippen molar-refractivity contribution in [1.29, 1.82) is 0 Å². The summed E-state index contributed by atoms with van der Waals surface area (Å²) in [6.45, 7) is 5.84. The van der Waals surface area contributed by atoms with Gasteiger partial charge in [-0.15, -0.1) is 24.8 Å². The molecule has 3 aliphatic rings. The fourth-order valence-electron chi connectivity index (χ4n) is 5.65. The Bertz CT molecular complexity index is 891. The predicted molar refractivity (Wildman–Crippen MR) is 132 cm³/mol. The molecule has 1 aromatic heterocycles. The van der Waals surface area contributed by atoms with Crippen molar-refractivity contribution in [2.75, 3.05) is 39.4 Å². The van der Waals surface area contributed by atoms with Gasteiger partial charge >= 0.3 is 0 Å². The van der Waals surface area contributed by atoms with Gasteiger partial charge in [-0.05, 0) is 38.1 Å². The quantitative estimate of drug-likeness (QED) is 0.660. The average molecular weight is 497 g/mol. The van der Waals surface area contributed by atoms with Crippen LogP contribution in [0.3, 0.4) is 0 Å². The van der Waals surface area contributed by atoms with Gasteiger partial charge in [-0.25, -0.2) is 0 Å². The van der Waals surface area contributed by atoms with Gasteiger partial charge in [-0.3, -0.25) is 9.69 Å². The van der Waals surface area contributed by atoms with Gasteiger partial charge in [0.25, 0.3) is 0 Å². The smallest absolute Gasteiger partial charge is 0.228 e. The Morgan fingerprint density at radius 2 is 1.97 bits per heavy atom. The number of aromatic nitrogens is 1. The molecule has 182 valence electrons. The van der Waals surface area contributed by atoms with Crippen LogP contribution in [-0.2, 0) is 16.1 Å². The Morgan fingerprint density at radius 3 is 2.76 bits per heavy atom. The molecule has 3 atom stereocenters. The van der Waals surface area contributed by atoms with Crippen LogP contribution in [0.15, 0.2) is 40.9 Å². The number of nitrogens with zero attached hydrogens (tertiary/aromatic N) is 2. The van der Waals surface area contributed by atoms with Crippen LogP contribution in [0.5, 0.6) is 0 Å². The van der Waals surface area contributed by atoms with Crippen LogP contribution in [0.1, 0.15) is 31.4 Å². The number of nitrogens with one attached hydrogen (secondary N) is 2. The van der Waals surface area contributed by atoms with Crippen LogP contribution in [0, 0.1) is 11.3 Å². The van der Waals surface area contributed by atoms with Crippen LogP contribution >= 0.6 is 24.8 Å². The van der Waals surface area contributed by atoms with Crippen LogP contribution in [0.2, 0.25) is 0 Å². The van der Waals surface area contributed by atoms with E-state index in [-0.39, 0.29) is 36.1 Å². The van der Waals surface area contributed by atoms with Crippen LogP contribution in [0.4, 0.5) is 0 Å². The van der Waals surface area contributed by atoms with Crippen molar-refractivity contribution in [1.82, 2.24) is 20.7 Å². The number of morpholine rings is 1. The molecule has 9 heteroatoms. The Labute approximate surface area is 207 Å². The molecule has 2 saturated heterocycles. The van der Waals surface area contributed by atoms with E-state index in [9.17, 15) is 4.79 Å². The molecule has 0 bridgehead atoms. The van der Waals surface area contributed by atoms with E-state index in [1.807, 2.05) is 36.4 Å². The van der Waals surface area contributed by atoms with Crippen molar-refractivity contribution in [3.05, 3.63) is 42.2 Å². The third-order valence-corrected chi connectivity index (χ3v) is 7.44. The molecule has 0 radical (unpaired) electrons. The number of benzene rings is 1. The van der Waals surface area contributed by atoms with Crippen molar-refractivity contribution < 1.29 is 14.1 Å². The largest absolute Gasteiger partial charge is 0.379 e. The van der Waals surface area contributed by atoms with Gasteiger partial charge in [-0.2, -0.15) is 0 Å². The van der Waals surface area contributed by atoms with Crippen molar-refractivity contribution in [3.63, 3.8) is 0 Å². The summed E-state index contributed by atoms with van der Waals surface area (Å²) in [6, 6.07) is 12.4. The van der Waals surface area contributed by atoms with E-state index in [1.165, 1.54) is 0 Å². The number of fused-ring (bicyclic) bond motifs is 1. The monoisotopic (exact) mass is 496 g/mol. The number of halogens is 2. The Hall–Kier alpha value is -1.64. The first kappa shape index (κ1) is 26.0. The zero-order valence-corrected chi connectivity index (χ0v) is 20.5. The van der Waals surface area contributed by atoms with Crippen LogP contribution in [0.25, 0.3) is 11.3 Å². The van der Waals surface area contributed by atoms with Crippen LogP contribution < -0.4 is 10.6 Å². The van der Waals surface area contributed by atoms with Gasteiger partial charge in [0.05, 0.1) is 25.2 Å². The molecule has 3 fully saturated rings. The number of rotatable bonds is 5. The molecule has 0 spiro atoms. The number of amides is 1. The maximum absolute atomic E-state index is 13.4. The molecule has 2 N–H and O–H groups in total. The third-order valence-electron chi connectivity index (χ3n) is 7.44. The van der Waals surface area contributed by atoms with Crippen molar-refractivity contribution in [2.24, 2.45) is 11.3 Å². The third kappa shape index (κ3) is 5.54. The van der Waals surface area contributed by atoms with Gasteiger partial charge in [0.1, 0.15) is 5.69 Å². The zero-order valence-electron chi connectivity index (χ0n) is 18.8. The molecule has 1 aliphatic carbocycles. The Kier molecular flexibility index (Phi) is 9.18. The van der Waals surface area contributed by atoms with E-state index >= 15 is 0 Å². The molecular weight excluding hydrogens is 463 g/mol. The molecule has 1 aromatic carbocycles.